The summed E-state index contributed by atoms with van der Waals surface area (Å²) in [6.07, 6.45) is 6.40. The Morgan fingerprint density at radius 2 is 2.18 bits per heavy atom. The minimum atomic E-state index is -0.415. The summed E-state index contributed by atoms with van der Waals surface area (Å²) in [6.45, 7) is 6.35. The van der Waals surface area contributed by atoms with Crippen LogP contribution in [0.25, 0.3) is 0 Å². The minimum absolute atomic E-state index is 0.113. The number of carbonyl (C=O) groups is 1. The van der Waals surface area contributed by atoms with E-state index in [0.29, 0.717) is 17.5 Å². The van der Waals surface area contributed by atoms with Crippen LogP contribution in [0.1, 0.15) is 36.0 Å². The zero-order valence-electron chi connectivity index (χ0n) is 16.8. The Morgan fingerprint density at radius 3 is 2.93 bits per heavy atom. The minimum Gasteiger partial charge on any atom is -0.384 e. The summed E-state index contributed by atoms with van der Waals surface area (Å²) < 4.78 is 11.2. The molecular formula is C21H32N4O3. The van der Waals surface area contributed by atoms with Crippen LogP contribution in [0.15, 0.2) is 18.3 Å². The summed E-state index contributed by atoms with van der Waals surface area (Å²) in [4.78, 5) is 21.3. The monoisotopic (exact) mass is 388 g/mol. The molecule has 3 atom stereocenters. The average molecular weight is 389 g/mol. The van der Waals surface area contributed by atoms with E-state index in [2.05, 4.69) is 14.8 Å². The molecule has 4 rings (SSSR count). The van der Waals surface area contributed by atoms with E-state index >= 15 is 0 Å². The summed E-state index contributed by atoms with van der Waals surface area (Å²) in [6, 6.07) is 4.20. The highest BCUT2D eigenvalue weighted by molar-refractivity contribution is 5.97. The van der Waals surface area contributed by atoms with Crippen LogP contribution in [0, 0.1) is 11.3 Å². The quantitative estimate of drug-likeness (QED) is 0.824. The molecule has 2 aliphatic heterocycles. The van der Waals surface area contributed by atoms with Crippen LogP contribution in [0.2, 0.25) is 0 Å². The van der Waals surface area contributed by atoms with Crippen molar-refractivity contribution in [3.8, 4) is 0 Å². The maximum atomic E-state index is 11.9. The topological polar surface area (TPSA) is 80.9 Å². The first-order valence-electron chi connectivity index (χ1n) is 10.4. The molecule has 0 aromatic carbocycles. The Hall–Kier alpha value is -1.70. The molecular weight excluding hydrogens is 356 g/mol. The number of methoxy groups -OCH3 is 1. The van der Waals surface area contributed by atoms with Crippen LogP contribution in [0.5, 0.6) is 0 Å². The maximum Gasteiger partial charge on any atom is 0.252 e. The van der Waals surface area contributed by atoms with Gasteiger partial charge in [-0.2, -0.15) is 0 Å². The van der Waals surface area contributed by atoms with E-state index in [1.165, 1.54) is 12.8 Å². The van der Waals surface area contributed by atoms with Crippen LogP contribution in [-0.2, 0) is 9.47 Å². The standard InChI is InChI=1S/C21H32N4O3/c1-27-15-21-6-4-17(24-9-11-28-12-10-24)13-16(21)5-8-25(14-21)20-18(19(22)26)3-2-7-23-20/h2-3,7,16-17H,4-6,8-15H2,1H3,(H2,22,26)/t16-,17-,21+/m1/s1. The van der Waals surface area contributed by atoms with E-state index in [-0.39, 0.29) is 5.41 Å². The number of hydrogen-bond donors (Lipinski definition) is 1. The van der Waals surface area contributed by atoms with Gasteiger partial charge in [0.15, 0.2) is 0 Å². The van der Waals surface area contributed by atoms with Crippen molar-refractivity contribution in [2.75, 3.05) is 58.0 Å². The van der Waals surface area contributed by atoms with Gasteiger partial charge in [-0.25, -0.2) is 4.98 Å². The van der Waals surface area contributed by atoms with E-state index in [9.17, 15) is 4.79 Å². The molecule has 1 aromatic rings. The largest absolute Gasteiger partial charge is 0.384 e. The van der Waals surface area contributed by atoms with Gasteiger partial charge >= 0.3 is 0 Å². The highest BCUT2D eigenvalue weighted by Crippen LogP contribution is 2.48. The Bertz CT molecular complexity index is 694. The molecule has 2 saturated heterocycles. The summed E-state index contributed by atoms with van der Waals surface area (Å²) in [7, 11) is 1.80. The summed E-state index contributed by atoms with van der Waals surface area (Å²) >= 11 is 0. The molecule has 7 heteroatoms. The third-order valence-electron chi connectivity index (χ3n) is 7.00. The molecule has 1 aliphatic carbocycles. The molecule has 28 heavy (non-hydrogen) atoms. The van der Waals surface area contributed by atoms with E-state index in [0.717, 1.165) is 64.7 Å². The Labute approximate surface area is 167 Å². The normalized spacial score (nSPS) is 31.4. The molecule has 154 valence electrons. The predicted octanol–water partition coefficient (Wildman–Crippen LogP) is 1.52. The Morgan fingerprint density at radius 1 is 1.36 bits per heavy atom. The van der Waals surface area contributed by atoms with Gasteiger partial charge in [-0.05, 0) is 43.7 Å². The lowest BCUT2D eigenvalue weighted by atomic mass is 9.61. The fourth-order valence-corrected chi connectivity index (χ4v) is 5.58. The third kappa shape index (κ3) is 3.75. The number of ether oxygens (including phenoxy) is 2. The van der Waals surface area contributed by atoms with Crippen LogP contribution >= 0.6 is 0 Å². The van der Waals surface area contributed by atoms with Crippen molar-refractivity contribution in [3.63, 3.8) is 0 Å². The molecule has 3 fully saturated rings. The number of primary amides is 1. The number of amides is 1. The molecule has 0 radical (unpaired) electrons. The number of nitrogens with two attached hydrogens (primary N) is 1. The first-order chi connectivity index (χ1) is 13.6. The van der Waals surface area contributed by atoms with Crippen LogP contribution in [0.4, 0.5) is 5.82 Å². The fourth-order valence-electron chi connectivity index (χ4n) is 5.58. The summed E-state index contributed by atoms with van der Waals surface area (Å²) in [5.41, 5.74) is 6.22. The van der Waals surface area contributed by atoms with Crippen LogP contribution in [0.3, 0.4) is 0 Å². The number of aromatic nitrogens is 1. The number of fused-ring (bicyclic) bond motifs is 1. The third-order valence-corrected chi connectivity index (χ3v) is 7.00. The highest BCUT2D eigenvalue weighted by atomic mass is 16.5. The second-order valence-corrected chi connectivity index (χ2v) is 8.52. The summed E-state index contributed by atoms with van der Waals surface area (Å²) in [5.74, 6) is 0.937. The molecule has 0 spiro atoms. The number of carbonyl (C=O) groups excluding carboxylic acids is 1. The molecule has 7 nitrogen and oxygen atoms in total. The molecule has 3 aliphatic rings. The lowest BCUT2D eigenvalue weighted by Gasteiger charge is -2.54. The van der Waals surface area contributed by atoms with Crippen molar-refractivity contribution in [1.82, 2.24) is 9.88 Å². The van der Waals surface area contributed by atoms with E-state index in [4.69, 9.17) is 15.2 Å². The van der Waals surface area contributed by atoms with Gasteiger partial charge < -0.3 is 20.1 Å². The SMILES string of the molecule is COC[C@@]12CC[C@@H](N3CCOCC3)C[C@H]1CCN(c1ncccc1C(N)=O)C2. The van der Waals surface area contributed by atoms with Gasteiger partial charge in [0.25, 0.3) is 5.91 Å². The van der Waals surface area contributed by atoms with E-state index in [1.54, 1.807) is 25.4 Å². The number of hydrogen-bond acceptors (Lipinski definition) is 6. The van der Waals surface area contributed by atoms with Gasteiger partial charge in [-0.15, -0.1) is 0 Å². The van der Waals surface area contributed by atoms with E-state index in [1.807, 2.05) is 0 Å². The number of anilines is 1. The zero-order valence-corrected chi connectivity index (χ0v) is 16.8. The molecule has 0 bridgehead atoms. The average Bonchev–Trinajstić information content (AvgIpc) is 2.73. The van der Waals surface area contributed by atoms with E-state index < -0.39 is 5.91 Å². The Balaban J connectivity index is 1.53. The molecule has 2 N–H and O–H groups in total. The second kappa shape index (κ2) is 8.35. The van der Waals surface area contributed by atoms with Gasteiger partial charge in [0.2, 0.25) is 0 Å². The molecule has 0 unspecified atom stereocenters. The lowest BCUT2D eigenvalue weighted by molar-refractivity contribution is -0.0540. The molecule has 1 saturated carbocycles. The number of nitrogens with zero attached hydrogens (tertiary/aromatic N) is 3. The number of piperidine rings is 1. The van der Waals surface area contributed by atoms with Gasteiger partial charge in [0.05, 0.1) is 25.4 Å². The van der Waals surface area contributed by atoms with Crippen molar-refractivity contribution in [3.05, 3.63) is 23.9 Å². The van der Waals surface area contributed by atoms with Crippen molar-refractivity contribution in [2.45, 2.75) is 31.7 Å². The van der Waals surface area contributed by atoms with Gasteiger partial charge in [0.1, 0.15) is 5.82 Å². The molecule has 1 aromatic heterocycles. The Kier molecular flexibility index (Phi) is 5.85. The fraction of sp³-hybridized carbons (Fsp3) is 0.714. The lowest BCUT2D eigenvalue weighted by Crippen LogP contribution is -2.57. The first-order valence-corrected chi connectivity index (χ1v) is 10.4. The highest BCUT2D eigenvalue weighted by Gasteiger charge is 2.48. The second-order valence-electron chi connectivity index (χ2n) is 8.52. The van der Waals surface area contributed by atoms with Gasteiger partial charge in [-0.3, -0.25) is 9.69 Å². The summed E-state index contributed by atoms with van der Waals surface area (Å²) in [5, 5.41) is 0. The maximum absolute atomic E-state index is 11.9. The number of morpholine rings is 1. The number of pyridine rings is 1. The van der Waals surface area contributed by atoms with Gasteiger partial charge in [0, 0.05) is 50.9 Å². The smallest absolute Gasteiger partial charge is 0.252 e. The van der Waals surface area contributed by atoms with Gasteiger partial charge in [-0.1, -0.05) is 0 Å². The zero-order chi connectivity index (χ0) is 19.6. The van der Waals surface area contributed by atoms with Crippen molar-refractivity contribution in [2.24, 2.45) is 17.1 Å². The van der Waals surface area contributed by atoms with Crippen molar-refractivity contribution in [1.29, 1.82) is 0 Å². The van der Waals surface area contributed by atoms with Crippen LogP contribution < -0.4 is 10.6 Å². The van der Waals surface area contributed by atoms with Crippen LogP contribution in [-0.4, -0.2) is 74.9 Å². The number of rotatable bonds is 5. The van der Waals surface area contributed by atoms with Crippen molar-refractivity contribution < 1.29 is 14.3 Å². The first kappa shape index (κ1) is 19.6. The predicted molar refractivity (Wildman–Crippen MR) is 107 cm³/mol. The van der Waals surface area contributed by atoms with Crippen molar-refractivity contribution >= 4 is 11.7 Å². The molecule has 3 heterocycles. The molecule has 1 amide bonds.